The van der Waals surface area contributed by atoms with Crippen LogP contribution >= 0.6 is 11.3 Å². The van der Waals surface area contributed by atoms with Crippen LogP contribution in [0.2, 0.25) is 0 Å². The van der Waals surface area contributed by atoms with Crippen molar-refractivity contribution in [2.75, 3.05) is 13.1 Å². The fraction of sp³-hybridized carbons (Fsp3) is 0.409. The van der Waals surface area contributed by atoms with Gasteiger partial charge in [0.1, 0.15) is 0 Å². The standard InChI is InChI=1S/C22H26N4O4S2/c1-15(2)26-19-7-6-18(13-20(19)31-22(26)28)32(29,30)25-11-8-16(9-12-25)21(27)24-14-17-5-3-4-10-23-17/h3-7,10,13,15-16H,8-9,11-12,14H2,1-2H3,(H,24,27). The van der Waals surface area contributed by atoms with Gasteiger partial charge >= 0.3 is 4.87 Å². The van der Waals surface area contributed by atoms with Crippen LogP contribution in [0.3, 0.4) is 0 Å². The fourth-order valence-corrected chi connectivity index (χ4v) is 6.62. The Kier molecular flexibility index (Phi) is 6.45. The Balaban J connectivity index is 1.42. The molecule has 4 rings (SSSR count). The molecule has 1 aliphatic heterocycles. The first-order chi connectivity index (χ1) is 15.3. The lowest BCUT2D eigenvalue weighted by molar-refractivity contribution is -0.126. The van der Waals surface area contributed by atoms with Gasteiger partial charge in [0.25, 0.3) is 0 Å². The van der Waals surface area contributed by atoms with Gasteiger partial charge < -0.3 is 5.32 Å². The Hall–Kier alpha value is -2.56. The molecule has 3 heterocycles. The molecule has 10 heteroatoms. The van der Waals surface area contributed by atoms with Gasteiger partial charge in [0, 0.05) is 31.2 Å². The Morgan fingerprint density at radius 2 is 1.97 bits per heavy atom. The Bertz CT molecular complexity index is 1270. The summed E-state index contributed by atoms with van der Waals surface area (Å²) in [6.07, 6.45) is 2.61. The normalized spacial score (nSPS) is 16.0. The van der Waals surface area contributed by atoms with E-state index in [-0.39, 0.29) is 40.7 Å². The number of hydrogen-bond acceptors (Lipinski definition) is 6. The largest absolute Gasteiger partial charge is 0.350 e. The number of benzene rings is 1. The number of nitrogens with one attached hydrogen (secondary N) is 1. The van der Waals surface area contributed by atoms with Gasteiger partial charge in [0.15, 0.2) is 0 Å². The second-order valence-corrected chi connectivity index (χ2v) is 11.1. The van der Waals surface area contributed by atoms with Crippen LogP contribution in [0.25, 0.3) is 10.2 Å². The summed E-state index contributed by atoms with van der Waals surface area (Å²) in [5.41, 5.74) is 1.53. The van der Waals surface area contributed by atoms with Crippen LogP contribution in [0.4, 0.5) is 0 Å². The van der Waals surface area contributed by atoms with Gasteiger partial charge in [-0.05, 0) is 57.0 Å². The van der Waals surface area contributed by atoms with Crippen LogP contribution in [-0.2, 0) is 21.4 Å². The number of pyridine rings is 1. The molecular weight excluding hydrogens is 448 g/mol. The highest BCUT2D eigenvalue weighted by molar-refractivity contribution is 7.89. The third kappa shape index (κ3) is 4.48. The van der Waals surface area contributed by atoms with Crippen molar-refractivity contribution in [2.45, 2.75) is 44.2 Å². The van der Waals surface area contributed by atoms with E-state index in [0.717, 1.165) is 22.5 Å². The molecule has 0 bridgehead atoms. The Morgan fingerprint density at radius 1 is 1.22 bits per heavy atom. The molecule has 0 atom stereocenters. The predicted octanol–water partition coefficient (Wildman–Crippen LogP) is 2.76. The first-order valence-electron chi connectivity index (χ1n) is 10.6. The minimum atomic E-state index is -3.69. The van der Waals surface area contributed by atoms with Crippen LogP contribution in [-0.4, -0.2) is 41.3 Å². The summed E-state index contributed by atoms with van der Waals surface area (Å²) >= 11 is 1.06. The number of nitrogens with zero attached hydrogens (tertiary/aromatic N) is 3. The maximum atomic E-state index is 13.2. The molecule has 1 amide bonds. The van der Waals surface area contributed by atoms with Crippen molar-refractivity contribution in [3.63, 3.8) is 0 Å². The van der Waals surface area contributed by atoms with Crippen LogP contribution in [0, 0.1) is 5.92 Å². The van der Waals surface area contributed by atoms with E-state index in [1.54, 1.807) is 29.0 Å². The number of thiazole rings is 1. The van der Waals surface area contributed by atoms with E-state index in [9.17, 15) is 18.0 Å². The molecule has 1 saturated heterocycles. The molecule has 170 valence electrons. The predicted molar refractivity (Wildman–Crippen MR) is 124 cm³/mol. The van der Waals surface area contributed by atoms with Crippen molar-refractivity contribution in [2.24, 2.45) is 5.92 Å². The number of fused-ring (bicyclic) bond motifs is 1. The highest BCUT2D eigenvalue weighted by atomic mass is 32.2. The highest BCUT2D eigenvalue weighted by Crippen LogP contribution is 2.28. The molecule has 0 unspecified atom stereocenters. The second-order valence-electron chi connectivity index (χ2n) is 8.18. The van der Waals surface area contributed by atoms with Gasteiger partial charge in [-0.25, -0.2) is 8.42 Å². The van der Waals surface area contributed by atoms with Crippen molar-refractivity contribution < 1.29 is 13.2 Å². The monoisotopic (exact) mass is 474 g/mol. The maximum Gasteiger partial charge on any atom is 0.308 e. The number of carbonyl (C=O) groups excluding carboxylic acids is 1. The van der Waals surface area contributed by atoms with E-state index in [4.69, 9.17) is 0 Å². The van der Waals surface area contributed by atoms with E-state index in [0.29, 0.717) is 24.1 Å². The molecule has 32 heavy (non-hydrogen) atoms. The van der Waals surface area contributed by atoms with E-state index < -0.39 is 10.0 Å². The van der Waals surface area contributed by atoms with Crippen LogP contribution in [0.15, 0.2) is 52.3 Å². The molecule has 1 fully saturated rings. The third-order valence-electron chi connectivity index (χ3n) is 5.73. The number of amides is 1. The van der Waals surface area contributed by atoms with Gasteiger partial charge in [-0.1, -0.05) is 17.4 Å². The smallest absolute Gasteiger partial charge is 0.308 e. The lowest BCUT2D eigenvalue weighted by Gasteiger charge is -2.30. The van der Waals surface area contributed by atoms with Crippen molar-refractivity contribution >= 4 is 37.5 Å². The molecule has 1 aliphatic rings. The average molecular weight is 475 g/mol. The van der Waals surface area contributed by atoms with Gasteiger partial charge in [0.05, 0.1) is 27.4 Å². The topological polar surface area (TPSA) is 101 Å². The zero-order chi connectivity index (χ0) is 22.9. The van der Waals surface area contributed by atoms with Gasteiger partial charge in [-0.15, -0.1) is 0 Å². The molecule has 1 aromatic carbocycles. The quantitative estimate of drug-likeness (QED) is 0.592. The fourth-order valence-electron chi connectivity index (χ4n) is 4.00. The average Bonchev–Trinajstić information content (AvgIpc) is 3.13. The highest BCUT2D eigenvalue weighted by Gasteiger charge is 2.32. The molecule has 0 aliphatic carbocycles. The SMILES string of the molecule is CC(C)n1c(=O)sc2cc(S(=O)(=O)N3CCC(C(=O)NCc4ccccn4)CC3)ccc21. The molecule has 1 N–H and O–H groups in total. The molecule has 0 saturated carbocycles. The van der Waals surface area contributed by atoms with Crippen molar-refractivity contribution in [1.29, 1.82) is 0 Å². The van der Waals surface area contributed by atoms with Crippen molar-refractivity contribution in [3.05, 3.63) is 58.0 Å². The number of rotatable bonds is 6. The zero-order valence-corrected chi connectivity index (χ0v) is 19.7. The number of carbonyl (C=O) groups is 1. The first-order valence-corrected chi connectivity index (χ1v) is 12.9. The van der Waals surface area contributed by atoms with E-state index >= 15 is 0 Å². The molecule has 0 spiro atoms. The van der Waals surface area contributed by atoms with Crippen LogP contribution in [0.1, 0.15) is 38.4 Å². The van der Waals surface area contributed by atoms with Gasteiger partial charge in [0.2, 0.25) is 15.9 Å². The summed E-state index contributed by atoms with van der Waals surface area (Å²) in [5, 5.41) is 2.89. The third-order valence-corrected chi connectivity index (χ3v) is 8.55. The lowest BCUT2D eigenvalue weighted by Crippen LogP contribution is -2.42. The van der Waals surface area contributed by atoms with Crippen LogP contribution < -0.4 is 10.2 Å². The van der Waals surface area contributed by atoms with Gasteiger partial charge in [-0.3, -0.25) is 19.1 Å². The summed E-state index contributed by atoms with van der Waals surface area (Å²) in [5.74, 6) is -0.299. The maximum absolute atomic E-state index is 13.2. The molecule has 3 aromatic rings. The molecule has 8 nitrogen and oxygen atoms in total. The van der Waals surface area contributed by atoms with E-state index in [1.807, 2.05) is 32.0 Å². The van der Waals surface area contributed by atoms with Crippen molar-refractivity contribution in [3.8, 4) is 0 Å². The molecule has 2 aromatic heterocycles. The molecular formula is C22H26N4O4S2. The van der Waals surface area contributed by atoms with Gasteiger partial charge in [-0.2, -0.15) is 4.31 Å². The minimum Gasteiger partial charge on any atom is -0.350 e. The minimum absolute atomic E-state index is 0.00144. The number of sulfonamides is 1. The Morgan fingerprint density at radius 3 is 2.62 bits per heavy atom. The summed E-state index contributed by atoms with van der Waals surface area (Å²) in [6.45, 7) is 4.78. The van der Waals surface area contributed by atoms with E-state index in [2.05, 4.69) is 10.3 Å². The van der Waals surface area contributed by atoms with Crippen molar-refractivity contribution in [1.82, 2.24) is 19.2 Å². The number of aromatic nitrogens is 2. The summed E-state index contributed by atoms with van der Waals surface area (Å²) < 4.78 is 30.1. The summed E-state index contributed by atoms with van der Waals surface area (Å²) in [4.78, 5) is 29.0. The second kappa shape index (κ2) is 9.13. The van der Waals surface area contributed by atoms with E-state index in [1.165, 1.54) is 4.31 Å². The summed E-state index contributed by atoms with van der Waals surface area (Å²) in [7, 11) is -3.69. The first kappa shape index (κ1) is 22.6. The molecule has 0 radical (unpaired) electrons. The zero-order valence-electron chi connectivity index (χ0n) is 18.0. The summed E-state index contributed by atoms with van der Waals surface area (Å²) in [6, 6.07) is 10.4. The lowest BCUT2D eigenvalue weighted by atomic mass is 9.97. The Labute approximate surface area is 190 Å². The van der Waals surface area contributed by atoms with Crippen LogP contribution in [0.5, 0.6) is 0 Å². The number of piperidine rings is 1. The number of hydrogen-bond donors (Lipinski definition) is 1.